The maximum absolute atomic E-state index is 12.9. The van der Waals surface area contributed by atoms with Crippen LogP contribution in [0.3, 0.4) is 0 Å². The first-order valence-corrected chi connectivity index (χ1v) is 6.59. The van der Waals surface area contributed by atoms with Crippen LogP contribution in [0.1, 0.15) is 11.1 Å². The fraction of sp³-hybridized carbons (Fsp3) is 0.133. The Morgan fingerprint density at radius 3 is 2.28 bits per heavy atom. The van der Waals surface area contributed by atoms with Gasteiger partial charge in [0, 0.05) is 5.56 Å². The predicted molar refractivity (Wildman–Crippen MR) is 74.5 cm³/mol. The fourth-order valence-corrected chi connectivity index (χ4v) is 3.09. The van der Waals surface area contributed by atoms with Crippen LogP contribution in [-0.2, 0) is 0 Å². The quantitative estimate of drug-likeness (QED) is 0.614. The molecule has 90 valence electrons. The van der Waals surface area contributed by atoms with Crippen molar-refractivity contribution in [2.45, 2.75) is 13.8 Å². The number of aryl methyl sites for hydroxylation is 2. The van der Waals surface area contributed by atoms with Gasteiger partial charge in [0.1, 0.15) is 10.8 Å². The summed E-state index contributed by atoms with van der Waals surface area (Å²) in [6.07, 6.45) is 0. The maximum atomic E-state index is 12.9. The molecule has 0 bridgehead atoms. The molecule has 0 N–H and O–H groups in total. The molecule has 3 aromatic rings. The van der Waals surface area contributed by atoms with Gasteiger partial charge in [-0.25, -0.2) is 9.37 Å². The van der Waals surface area contributed by atoms with Crippen LogP contribution < -0.4 is 0 Å². The lowest BCUT2D eigenvalue weighted by Crippen LogP contribution is -1.80. The summed E-state index contributed by atoms with van der Waals surface area (Å²) in [5.74, 6) is -0.216. The van der Waals surface area contributed by atoms with E-state index in [0.717, 1.165) is 16.1 Å². The Labute approximate surface area is 109 Å². The van der Waals surface area contributed by atoms with Crippen LogP contribution in [0.4, 0.5) is 4.39 Å². The number of halogens is 1. The number of rotatable bonds is 1. The minimum absolute atomic E-state index is 0.216. The van der Waals surface area contributed by atoms with Gasteiger partial charge in [-0.05, 0) is 49.2 Å². The zero-order chi connectivity index (χ0) is 12.7. The van der Waals surface area contributed by atoms with Crippen molar-refractivity contribution >= 4 is 21.6 Å². The molecule has 3 heteroatoms. The highest BCUT2D eigenvalue weighted by molar-refractivity contribution is 7.21. The van der Waals surface area contributed by atoms with Crippen LogP contribution >= 0.6 is 11.3 Å². The zero-order valence-corrected chi connectivity index (χ0v) is 11.0. The Bertz CT molecular complexity index is 674. The molecule has 0 spiro atoms. The number of thiazole rings is 1. The first-order chi connectivity index (χ1) is 8.65. The molecule has 2 aromatic carbocycles. The standard InChI is InChI=1S/C15H12FNS/c1-9-3-4-10(2)14-13(9)17-15(18-14)11-5-7-12(16)8-6-11/h3-8H,1-2H3. The lowest BCUT2D eigenvalue weighted by atomic mass is 10.1. The molecule has 1 nitrogen and oxygen atoms in total. The van der Waals surface area contributed by atoms with E-state index in [1.54, 1.807) is 23.5 Å². The van der Waals surface area contributed by atoms with Crippen molar-refractivity contribution in [1.82, 2.24) is 4.98 Å². The van der Waals surface area contributed by atoms with Gasteiger partial charge in [0.15, 0.2) is 0 Å². The van der Waals surface area contributed by atoms with Gasteiger partial charge in [-0.1, -0.05) is 12.1 Å². The molecule has 0 fully saturated rings. The first-order valence-electron chi connectivity index (χ1n) is 5.78. The highest BCUT2D eigenvalue weighted by atomic mass is 32.1. The number of fused-ring (bicyclic) bond motifs is 1. The Balaban J connectivity index is 2.22. The topological polar surface area (TPSA) is 12.9 Å². The summed E-state index contributed by atoms with van der Waals surface area (Å²) < 4.78 is 14.1. The summed E-state index contributed by atoms with van der Waals surface area (Å²) >= 11 is 1.66. The molecule has 0 atom stereocenters. The third-order valence-corrected chi connectivity index (χ3v) is 4.27. The van der Waals surface area contributed by atoms with E-state index in [4.69, 9.17) is 0 Å². The van der Waals surface area contributed by atoms with Gasteiger partial charge >= 0.3 is 0 Å². The largest absolute Gasteiger partial charge is 0.236 e. The molecule has 0 saturated carbocycles. The molecule has 18 heavy (non-hydrogen) atoms. The SMILES string of the molecule is Cc1ccc(C)c2sc(-c3ccc(F)cc3)nc12. The second-order valence-corrected chi connectivity index (χ2v) is 5.40. The van der Waals surface area contributed by atoms with Crippen molar-refractivity contribution < 1.29 is 4.39 Å². The molecule has 0 saturated heterocycles. The number of hydrogen-bond donors (Lipinski definition) is 0. The number of hydrogen-bond acceptors (Lipinski definition) is 2. The van der Waals surface area contributed by atoms with E-state index in [0.29, 0.717) is 0 Å². The molecule has 0 unspecified atom stereocenters. The van der Waals surface area contributed by atoms with Gasteiger partial charge in [0.25, 0.3) is 0 Å². The van der Waals surface area contributed by atoms with Gasteiger partial charge in [-0.2, -0.15) is 0 Å². The van der Waals surface area contributed by atoms with Gasteiger partial charge in [0.05, 0.1) is 10.2 Å². The maximum Gasteiger partial charge on any atom is 0.124 e. The molecule has 0 amide bonds. The van der Waals surface area contributed by atoms with Gasteiger partial charge in [-0.3, -0.25) is 0 Å². The Morgan fingerprint density at radius 2 is 1.61 bits per heavy atom. The minimum Gasteiger partial charge on any atom is -0.236 e. The molecule has 0 aliphatic carbocycles. The summed E-state index contributed by atoms with van der Waals surface area (Å²) in [5.41, 5.74) is 4.44. The fourth-order valence-electron chi connectivity index (χ4n) is 1.98. The van der Waals surface area contributed by atoms with Crippen LogP contribution in [0.15, 0.2) is 36.4 Å². The van der Waals surface area contributed by atoms with E-state index >= 15 is 0 Å². The molecular formula is C15H12FNS. The molecule has 1 aromatic heterocycles. The second kappa shape index (κ2) is 4.18. The van der Waals surface area contributed by atoms with Crippen LogP contribution in [0.25, 0.3) is 20.8 Å². The van der Waals surface area contributed by atoms with Gasteiger partial charge in [0.2, 0.25) is 0 Å². The average molecular weight is 257 g/mol. The van der Waals surface area contributed by atoms with E-state index < -0.39 is 0 Å². The second-order valence-electron chi connectivity index (χ2n) is 4.40. The van der Waals surface area contributed by atoms with Crippen LogP contribution in [0.2, 0.25) is 0 Å². The zero-order valence-electron chi connectivity index (χ0n) is 10.2. The van der Waals surface area contributed by atoms with Crippen LogP contribution in [0.5, 0.6) is 0 Å². The lowest BCUT2D eigenvalue weighted by molar-refractivity contribution is 0.628. The van der Waals surface area contributed by atoms with E-state index in [9.17, 15) is 4.39 Å². The first kappa shape index (κ1) is 11.4. The van der Waals surface area contributed by atoms with E-state index in [1.807, 2.05) is 0 Å². The lowest BCUT2D eigenvalue weighted by Gasteiger charge is -1.96. The summed E-state index contributed by atoms with van der Waals surface area (Å²) in [5, 5.41) is 0.947. The van der Waals surface area contributed by atoms with Crippen molar-refractivity contribution in [3.63, 3.8) is 0 Å². The number of benzene rings is 2. The monoisotopic (exact) mass is 257 g/mol. The van der Waals surface area contributed by atoms with E-state index in [-0.39, 0.29) is 5.82 Å². The van der Waals surface area contributed by atoms with E-state index in [1.165, 1.54) is 28.0 Å². The summed E-state index contributed by atoms with van der Waals surface area (Å²) in [6, 6.07) is 10.7. The molecule has 0 radical (unpaired) electrons. The van der Waals surface area contributed by atoms with Crippen molar-refractivity contribution in [3.05, 3.63) is 53.3 Å². The predicted octanol–water partition coefficient (Wildman–Crippen LogP) is 4.72. The van der Waals surface area contributed by atoms with Crippen LogP contribution in [-0.4, -0.2) is 4.98 Å². The number of nitrogens with zero attached hydrogens (tertiary/aromatic N) is 1. The summed E-state index contributed by atoms with van der Waals surface area (Å²) in [6.45, 7) is 4.16. The third-order valence-electron chi connectivity index (χ3n) is 3.03. The minimum atomic E-state index is -0.216. The smallest absolute Gasteiger partial charge is 0.124 e. The molecule has 0 aliphatic rings. The van der Waals surface area contributed by atoms with Gasteiger partial charge < -0.3 is 0 Å². The highest BCUT2D eigenvalue weighted by Crippen LogP contribution is 2.33. The Kier molecular flexibility index (Phi) is 2.63. The Hall–Kier alpha value is -1.74. The highest BCUT2D eigenvalue weighted by Gasteiger charge is 2.09. The molecular weight excluding hydrogens is 245 g/mol. The summed E-state index contributed by atoms with van der Waals surface area (Å²) in [7, 11) is 0. The Morgan fingerprint density at radius 1 is 0.944 bits per heavy atom. The third kappa shape index (κ3) is 1.81. The van der Waals surface area contributed by atoms with Crippen molar-refractivity contribution in [2.24, 2.45) is 0 Å². The molecule has 3 rings (SSSR count). The van der Waals surface area contributed by atoms with Crippen LogP contribution in [0, 0.1) is 19.7 Å². The average Bonchev–Trinajstić information content (AvgIpc) is 2.81. The number of aromatic nitrogens is 1. The van der Waals surface area contributed by atoms with Crippen molar-refractivity contribution in [1.29, 1.82) is 0 Å². The van der Waals surface area contributed by atoms with Crippen molar-refractivity contribution in [2.75, 3.05) is 0 Å². The van der Waals surface area contributed by atoms with Crippen molar-refractivity contribution in [3.8, 4) is 10.6 Å². The van der Waals surface area contributed by atoms with E-state index in [2.05, 4.69) is 31.0 Å². The normalized spacial score (nSPS) is 11.1. The molecule has 0 aliphatic heterocycles. The summed E-state index contributed by atoms with van der Waals surface area (Å²) in [4.78, 5) is 4.67. The molecule has 1 heterocycles. The van der Waals surface area contributed by atoms with Gasteiger partial charge in [-0.15, -0.1) is 11.3 Å².